The Kier molecular flexibility index (Phi) is 4.30. The quantitative estimate of drug-likeness (QED) is 0.908. The second-order valence-electron chi connectivity index (χ2n) is 5.00. The molecule has 1 aromatic carbocycles. The lowest BCUT2D eigenvalue weighted by molar-refractivity contribution is -0.142. The van der Waals surface area contributed by atoms with Gasteiger partial charge in [0.05, 0.1) is 20.1 Å². The number of methoxy groups -OCH3 is 2. The summed E-state index contributed by atoms with van der Waals surface area (Å²) < 4.78 is 10.5. The molecule has 2 rings (SSSR count). The topological polar surface area (TPSA) is 55.8 Å². The molecule has 1 aliphatic rings. The number of carbonyl (C=O) groups is 1. The third-order valence-corrected chi connectivity index (χ3v) is 3.96. The molecule has 4 nitrogen and oxygen atoms in total. The van der Waals surface area contributed by atoms with Crippen LogP contribution in [0.25, 0.3) is 0 Å². The van der Waals surface area contributed by atoms with Gasteiger partial charge < -0.3 is 14.6 Å². The van der Waals surface area contributed by atoms with Crippen LogP contribution in [0.15, 0.2) is 18.2 Å². The van der Waals surface area contributed by atoms with Crippen LogP contribution in [0.5, 0.6) is 11.5 Å². The van der Waals surface area contributed by atoms with Crippen LogP contribution in [0.4, 0.5) is 0 Å². The summed E-state index contributed by atoms with van der Waals surface area (Å²) in [6, 6.07) is 5.97. The van der Waals surface area contributed by atoms with Crippen LogP contribution in [0.3, 0.4) is 0 Å². The summed E-state index contributed by atoms with van der Waals surface area (Å²) in [5.74, 6) is 1.06. The maximum atomic E-state index is 10.9. The second kappa shape index (κ2) is 5.95. The Labute approximate surface area is 113 Å². The normalized spacial score (nSPS) is 22.8. The molecule has 1 saturated carbocycles. The van der Waals surface area contributed by atoms with Crippen LogP contribution < -0.4 is 9.47 Å². The molecule has 0 spiro atoms. The van der Waals surface area contributed by atoms with E-state index in [1.165, 1.54) is 5.56 Å². The van der Waals surface area contributed by atoms with Crippen LogP contribution in [0, 0.1) is 5.92 Å². The SMILES string of the molecule is COc1ccc(C2CCC(C(=O)O)CC2)cc1OC. The Morgan fingerprint density at radius 2 is 1.74 bits per heavy atom. The number of aliphatic carboxylic acids is 1. The summed E-state index contributed by atoms with van der Waals surface area (Å²) in [7, 11) is 3.25. The summed E-state index contributed by atoms with van der Waals surface area (Å²) >= 11 is 0. The van der Waals surface area contributed by atoms with E-state index in [0.29, 0.717) is 5.92 Å². The average Bonchev–Trinajstić information content (AvgIpc) is 2.46. The van der Waals surface area contributed by atoms with Crippen molar-refractivity contribution >= 4 is 5.97 Å². The zero-order valence-corrected chi connectivity index (χ0v) is 11.4. The zero-order valence-electron chi connectivity index (χ0n) is 11.4. The lowest BCUT2D eigenvalue weighted by Crippen LogP contribution is -2.20. The minimum absolute atomic E-state index is 0.170. The van der Waals surface area contributed by atoms with Crippen LogP contribution in [0.2, 0.25) is 0 Å². The third kappa shape index (κ3) is 3.00. The van der Waals surface area contributed by atoms with E-state index in [-0.39, 0.29) is 5.92 Å². The summed E-state index contributed by atoms with van der Waals surface area (Å²) in [5.41, 5.74) is 1.21. The number of hydrogen-bond acceptors (Lipinski definition) is 3. The largest absolute Gasteiger partial charge is 0.493 e. The van der Waals surface area contributed by atoms with Gasteiger partial charge in [-0.05, 0) is 49.3 Å². The van der Waals surface area contributed by atoms with E-state index in [9.17, 15) is 4.79 Å². The van der Waals surface area contributed by atoms with Crippen LogP contribution in [-0.2, 0) is 4.79 Å². The first-order valence-electron chi connectivity index (χ1n) is 6.60. The smallest absolute Gasteiger partial charge is 0.306 e. The maximum absolute atomic E-state index is 10.9. The van der Waals surface area contributed by atoms with Gasteiger partial charge in [-0.3, -0.25) is 4.79 Å². The van der Waals surface area contributed by atoms with Crippen LogP contribution in [0.1, 0.15) is 37.2 Å². The first-order valence-corrected chi connectivity index (χ1v) is 6.60. The Morgan fingerprint density at radius 3 is 2.26 bits per heavy atom. The van der Waals surface area contributed by atoms with Gasteiger partial charge in [0, 0.05) is 0 Å². The highest BCUT2D eigenvalue weighted by molar-refractivity contribution is 5.70. The molecule has 19 heavy (non-hydrogen) atoms. The van der Waals surface area contributed by atoms with Crippen molar-refractivity contribution in [1.82, 2.24) is 0 Å². The fourth-order valence-corrected chi connectivity index (χ4v) is 2.78. The first-order chi connectivity index (χ1) is 9.15. The highest BCUT2D eigenvalue weighted by atomic mass is 16.5. The van der Waals surface area contributed by atoms with Crippen molar-refractivity contribution in [2.24, 2.45) is 5.92 Å². The highest BCUT2D eigenvalue weighted by Crippen LogP contribution is 2.38. The number of ether oxygens (including phenoxy) is 2. The fraction of sp³-hybridized carbons (Fsp3) is 0.533. The minimum atomic E-state index is -0.661. The van der Waals surface area contributed by atoms with E-state index in [2.05, 4.69) is 0 Å². The van der Waals surface area contributed by atoms with Crippen molar-refractivity contribution in [3.05, 3.63) is 23.8 Å². The predicted molar refractivity (Wildman–Crippen MR) is 71.9 cm³/mol. The molecule has 0 heterocycles. The van der Waals surface area contributed by atoms with Gasteiger partial charge >= 0.3 is 5.97 Å². The lowest BCUT2D eigenvalue weighted by atomic mass is 9.79. The Morgan fingerprint density at radius 1 is 1.11 bits per heavy atom. The van der Waals surface area contributed by atoms with Gasteiger partial charge in [0.1, 0.15) is 0 Å². The maximum Gasteiger partial charge on any atom is 0.306 e. The van der Waals surface area contributed by atoms with E-state index in [1.54, 1.807) is 14.2 Å². The molecule has 1 aliphatic carbocycles. The highest BCUT2D eigenvalue weighted by Gasteiger charge is 2.27. The number of benzene rings is 1. The van der Waals surface area contributed by atoms with E-state index >= 15 is 0 Å². The van der Waals surface area contributed by atoms with E-state index in [1.807, 2.05) is 18.2 Å². The van der Waals surface area contributed by atoms with E-state index < -0.39 is 5.97 Å². The molecule has 0 aliphatic heterocycles. The van der Waals surface area contributed by atoms with Gasteiger partial charge in [-0.1, -0.05) is 6.07 Å². The summed E-state index contributed by atoms with van der Waals surface area (Å²) in [5, 5.41) is 9.01. The molecule has 1 fully saturated rings. The van der Waals surface area contributed by atoms with Crippen molar-refractivity contribution in [3.8, 4) is 11.5 Å². The molecule has 0 bridgehead atoms. The molecule has 104 valence electrons. The van der Waals surface area contributed by atoms with Gasteiger partial charge in [-0.25, -0.2) is 0 Å². The van der Waals surface area contributed by atoms with E-state index in [4.69, 9.17) is 14.6 Å². The second-order valence-corrected chi connectivity index (χ2v) is 5.00. The van der Waals surface area contributed by atoms with Gasteiger partial charge in [0.15, 0.2) is 11.5 Å². The molecular weight excluding hydrogens is 244 g/mol. The molecule has 0 amide bonds. The standard InChI is InChI=1S/C15H20O4/c1-18-13-8-7-12(9-14(13)19-2)10-3-5-11(6-4-10)15(16)17/h7-11H,3-6H2,1-2H3,(H,16,17). The van der Waals surface area contributed by atoms with Crippen molar-refractivity contribution < 1.29 is 19.4 Å². The molecular formula is C15H20O4. The molecule has 0 atom stereocenters. The monoisotopic (exact) mass is 264 g/mol. The number of carboxylic acid groups (broad SMARTS) is 1. The Bertz CT molecular complexity index is 447. The van der Waals surface area contributed by atoms with Gasteiger partial charge in [0.2, 0.25) is 0 Å². The van der Waals surface area contributed by atoms with Crippen molar-refractivity contribution in [2.75, 3.05) is 14.2 Å². The summed E-state index contributed by atoms with van der Waals surface area (Å²) in [6.45, 7) is 0. The van der Waals surface area contributed by atoms with Gasteiger partial charge in [0.25, 0.3) is 0 Å². The molecule has 0 radical (unpaired) electrons. The first kappa shape index (κ1) is 13.7. The average molecular weight is 264 g/mol. The fourth-order valence-electron chi connectivity index (χ4n) is 2.78. The summed E-state index contributed by atoms with van der Waals surface area (Å²) in [4.78, 5) is 10.9. The molecule has 4 heteroatoms. The summed E-state index contributed by atoms with van der Waals surface area (Å²) in [6.07, 6.45) is 3.36. The van der Waals surface area contributed by atoms with E-state index in [0.717, 1.165) is 37.2 Å². The molecule has 1 N–H and O–H groups in total. The Balaban J connectivity index is 2.09. The number of carboxylic acids is 1. The van der Waals surface area contributed by atoms with Gasteiger partial charge in [-0.15, -0.1) is 0 Å². The molecule has 0 unspecified atom stereocenters. The predicted octanol–water partition coefficient (Wildman–Crippen LogP) is 3.06. The lowest BCUT2D eigenvalue weighted by Gasteiger charge is -2.26. The zero-order chi connectivity index (χ0) is 13.8. The minimum Gasteiger partial charge on any atom is -0.493 e. The third-order valence-electron chi connectivity index (χ3n) is 3.96. The molecule has 1 aromatic rings. The van der Waals surface area contributed by atoms with Crippen molar-refractivity contribution in [1.29, 1.82) is 0 Å². The molecule has 0 saturated heterocycles. The Hall–Kier alpha value is -1.71. The van der Waals surface area contributed by atoms with Crippen molar-refractivity contribution in [2.45, 2.75) is 31.6 Å². The van der Waals surface area contributed by atoms with Crippen molar-refractivity contribution in [3.63, 3.8) is 0 Å². The number of hydrogen-bond donors (Lipinski definition) is 1. The van der Waals surface area contributed by atoms with Gasteiger partial charge in [-0.2, -0.15) is 0 Å². The molecule has 0 aromatic heterocycles. The van der Waals surface area contributed by atoms with Crippen LogP contribution >= 0.6 is 0 Å². The number of rotatable bonds is 4. The van der Waals surface area contributed by atoms with Crippen LogP contribution in [-0.4, -0.2) is 25.3 Å².